The third-order valence-corrected chi connectivity index (χ3v) is 7.04. The van der Waals surface area contributed by atoms with Gasteiger partial charge in [-0.3, -0.25) is 4.79 Å². The molecule has 0 aromatic heterocycles. The molecule has 1 aromatic rings. The van der Waals surface area contributed by atoms with Gasteiger partial charge in [0.15, 0.2) is 0 Å². The van der Waals surface area contributed by atoms with Gasteiger partial charge in [0.25, 0.3) is 0 Å². The van der Waals surface area contributed by atoms with E-state index in [4.69, 9.17) is 18.9 Å². The summed E-state index contributed by atoms with van der Waals surface area (Å²) < 4.78 is 21.6. The summed E-state index contributed by atoms with van der Waals surface area (Å²) in [5.74, 6) is 0.678. The summed E-state index contributed by atoms with van der Waals surface area (Å²) in [6.45, 7) is 11.5. The number of carbonyl (C=O) groups is 3. The number of morpholine rings is 1. The molecule has 0 bridgehead atoms. The van der Waals surface area contributed by atoms with Crippen LogP contribution in [0.3, 0.4) is 0 Å². The lowest BCUT2D eigenvalue weighted by Crippen LogP contribution is -2.51. The van der Waals surface area contributed by atoms with Crippen molar-refractivity contribution >= 4 is 18.1 Å². The van der Waals surface area contributed by atoms with Crippen molar-refractivity contribution < 1.29 is 33.3 Å². The van der Waals surface area contributed by atoms with Crippen LogP contribution in [0.15, 0.2) is 24.3 Å². The molecule has 3 amide bonds. The van der Waals surface area contributed by atoms with Crippen LogP contribution in [-0.4, -0.2) is 85.6 Å². The molecule has 218 valence electrons. The van der Waals surface area contributed by atoms with Gasteiger partial charge in [-0.05, 0) is 78.0 Å². The van der Waals surface area contributed by atoms with Crippen LogP contribution >= 0.6 is 0 Å². The Hall–Kier alpha value is -3.01. The second kappa shape index (κ2) is 13.4. The van der Waals surface area contributed by atoms with Crippen molar-refractivity contribution in [2.45, 2.75) is 84.5 Å². The maximum atomic E-state index is 14.0. The minimum absolute atomic E-state index is 0.00322. The van der Waals surface area contributed by atoms with Gasteiger partial charge in [-0.15, -0.1) is 0 Å². The number of nitrogens with one attached hydrogen (secondary N) is 1. The second-order valence-electron chi connectivity index (χ2n) is 12.0. The van der Waals surface area contributed by atoms with Crippen LogP contribution in [0, 0.1) is 5.41 Å². The first-order valence-corrected chi connectivity index (χ1v) is 13.8. The van der Waals surface area contributed by atoms with Crippen LogP contribution < -0.4 is 10.1 Å². The van der Waals surface area contributed by atoms with E-state index in [1.165, 1.54) is 0 Å². The van der Waals surface area contributed by atoms with Gasteiger partial charge in [-0.25, -0.2) is 9.59 Å². The van der Waals surface area contributed by atoms with E-state index in [0.29, 0.717) is 32.8 Å². The monoisotopic (exact) mass is 547 g/mol. The number of methoxy groups -OCH3 is 1. The van der Waals surface area contributed by atoms with Gasteiger partial charge in [0.1, 0.15) is 18.0 Å². The predicted molar refractivity (Wildman–Crippen MR) is 146 cm³/mol. The molecule has 1 saturated carbocycles. The minimum atomic E-state index is -0.917. The van der Waals surface area contributed by atoms with E-state index in [2.05, 4.69) is 5.32 Å². The Bertz CT molecular complexity index is 960. The number of alkyl carbamates (subject to hydrolysis) is 1. The van der Waals surface area contributed by atoms with Crippen molar-refractivity contribution in [1.82, 2.24) is 15.1 Å². The minimum Gasteiger partial charge on any atom is -0.497 e. The van der Waals surface area contributed by atoms with Gasteiger partial charge < -0.3 is 34.1 Å². The van der Waals surface area contributed by atoms with E-state index < -0.39 is 23.2 Å². The standard InChI is InChI=1S/C29H45N3O7/c1-28(2,3)39-26(34)30-22-9-11-23(12-10-22)32(19-21-7-13-24(36-6)14-8-21)25(33)29(4,5)20-38-27(35)31-15-17-37-18-16-31/h7-8,13-14,22-23H,9-12,15-20H2,1-6H3,(H,30,34)/t22-,23-. The Morgan fingerprint density at radius 2 is 1.62 bits per heavy atom. The van der Waals surface area contributed by atoms with Gasteiger partial charge >= 0.3 is 12.2 Å². The van der Waals surface area contributed by atoms with Crippen molar-refractivity contribution in [1.29, 1.82) is 0 Å². The zero-order valence-corrected chi connectivity index (χ0v) is 24.3. The molecule has 39 heavy (non-hydrogen) atoms. The summed E-state index contributed by atoms with van der Waals surface area (Å²) in [5, 5.41) is 2.97. The molecular formula is C29H45N3O7. The van der Waals surface area contributed by atoms with E-state index in [0.717, 1.165) is 37.0 Å². The predicted octanol–water partition coefficient (Wildman–Crippen LogP) is 4.35. The fourth-order valence-corrected chi connectivity index (χ4v) is 4.83. The Morgan fingerprint density at radius 1 is 1.00 bits per heavy atom. The molecule has 10 heteroatoms. The topological polar surface area (TPSA) is 107 Å². The molecule has 10 nitrogen and oxygen atoms in total. The third kappa shape index (κ3) is 9.30. The molecule has 0 spiro atoms. The van der Waals surface area contributed by atoms with Gasteiger partial charge in [0.2, 0.25) is 5.91 Å². The van der Waals surface area contributed by atoms with Crippen molar-refractivity contribution in [3.8, 4) is 5.75 Å². The van der Waals surface area contributed by atoms with Gasteiger partial charge in [0, 0.05) is 31.7 Å². The number of benzene rings is 1. The molecule has 3 rings (SSSR count). The first-order valence-electron chi connectivity index (χ1n) is 13.8. The molecular weight excluding hydrogens is 502 g/mol. The van der Waals surface area contributed by atoms with Crippen molar-refractivity contribution in [2.75, 3.05) is 40.0 Å². The lowest BCUT2D eigenvalue weighted by atomic mass is 9.86. The first kappa shape index (κ1) is 30.5. The highest BCUT2D eigenvalue weighted by Gasteiger charge is 2.39. The fourth-order valence-electron chi connectivity index (χ4n) is 4.83. The molecule has 1 saturated heterocycles. The lowest BCUT2D eigenvalue weighted by Gasteiger charge is -2.41. The van der Waals surface area contributed by atoms with E-state index in [9.17, 15) is 14.4 Å². The molecule has 1 aromatic carbocycles. The van der Waals surface area contributed by atoms with E-state index in [1.807, 2.05) is 63.8 Å². The van der Waals surface area contributed by atoms with Crippen LogP contribution in [0.4, 0.5) is 9.59 Å². The zero-order valence-electron chi connectivity index (χ0n) is 24.3. The van der Waals surface area contributed by atoms with Crippen LogP contribution in [0.25, 0.3) is 0 Å². The lowest BCUT2D eigenvalue weighted by molar-refractivity contribution is -0.146. The number of amides is 3. The van der Waals surface area contributed by atoms with Gasteiger partial charge in [-0.2, -0.15) is 0 Å². The summed E-state index contributed by atoms with van der Waals surface area (Å²) in [6, 6.07) is 7.67. The number of carbonyl (C=O) groups excluding carboxylic acids is 3. The summed E-state index contributed by atoms with van der Waals surface area (Å²) in [6.07, 6.45) is 2.12. The summed E-state index contributed by atoms with van der Waals surface area (Å²) in [7, 11) is 1.62. The largest absolute Gasteiger partial charge is 0.497 e. The highest BCUT2D eigenvalue weighted by atomic mass is 16.6. The SMILES string of the molecule is COc1ccc(CN(C(=O)C(C)(C)COC(=O)N2CCOCC2)[C@H]2CC[C@H](NC(=O)OC(C)(C)C)CC2)cc1. The van der Waals surface area contributed by atoms with Crippen LogP contribution in [0.2, 0.25) is 0 Å². The average Bonchev–Trinajstić information content (AvgIpc) is 2.90. The number of nitrogens with zero attached hydrogens (tertiary/aromatic N) is 2. The second-order valence-corrected chi connectivity index (χ2v) is 12.0. The number of hydrogen-bond donors (Lipinski definition) is 1. The summed E-state index contributed by atoms with van der Waals surface area (Å²) in [4.78, 5) is 42.3. The molecule has 0 radical (unpaired) electrons. The zero-order chi connectivity index (χ0) is 28.6. The number of rotatable bonds is 8. The Labute approximate surface area is 232 Å². The highest BCUT2D eigenvalue weighted by Crippen LogP contribution is 2.30. The first-order chi connectivity index (χ1) is 18.4. The highest BCUT2D eigenvalue weighted by molar-refractivity contribution is 5.83. The van der Waals surface area contributed by atoms with E-state index >= 15 is 0 Å². The molecule has 2 fully saturated rings. The Balaban J connectivity index is 1.67. The molecule has 0 atom stereocenters. The molecule has 1 N–H and O–H groups in total. The Morgan fingerprint density at radius 3 is 2.18 bits per heavy atom. The van der Waals surface area contributed by atoms with Crippen LogP contribution in [0.1, 0.15) is 65.9 Å². The molecule has 1 aliphatic heterocycles. The van der Waals surface area contributed by atoms with E-state index in [1.54, 1.807) is 12.0 Å². The average molecular weight is 548 g/mol. The number of ether oxygens (including phenoxy) is 4. The van der Waals surface area contributed by atoms with Crippen LogP contribution in [-0.2, 0) is 25.5 Å². The fraction of sp³-hybridized carbons (Fsp3) is 0.690. The number of hydrogen-bond acceptors (Lipinski definition) is 7. The van der Waals surface area contributed by atoms with Gasteiger partial charge in [0.05, 0.1) is 25.7 Å². The maximum absolute atomic E-state index is 14.0. The van der Waals surface area contributed by atoms with Gasteiger partial charge in [-0.1, -0.05) is 12.1 Å². The maximum Gasteiger partial charge on any atom is 0.409 e. The molecule has 0 unspecified atom stereocenters. The van der Waals surface area contributed by atoms with Crippen molar-refractivity contribution in [2.24, 2.45) is 5.41 Å². The van der Waals surface area contributed by atoms with E-state index in [-0.39, 0.29) is 24.6 Å². The van der Waals surface area contributed by atoms with Crippen molar-refractivity contribution in [3.63, 3.8) is 0 Å². The molecule has 1 aliphatic carbocycles. The summed E-state index contributed by atoms with van der Waals surface area (Å²) in [5.41, 5.74) is -0.487. The molecule has 2 aliphatic rings. The van der Waals surface area contributed by atoms with Crippen molar-refractivity contribution in [3.05, 3.63) is 29.8 Å². The normalized spacial score (nSPS) is 20.1. The Kier molecular flexibility index (Phi) is 10.5. The summed E-state index contributed by atoms with van der Waals surface area (Å²) >= 11 is 0. The third-order valence-electron chi connectivity index (χ3n) is 7.04. The smallest absolute Gasteiger partial charge is 0.409 e. The molecule has 1 heterocycles. The quantitative estimate of drug-likeness (QED) is 0.516. The van der Waals surface area contributed by atoms with Crippen LogP contribution in [0.5, 0.6) is 5.75 Å².